The smallest absolute Gasteiger partial charge is 0.263 e. The molecule has 3 heterocycles. The maximum atomic E-state index is 12.4. The third-order valence-electron chi connectivity index (χ3n) is 5.85. The van der Waals surface area contributed by atoms with Crippen LogP contribution in [0.2, 0.25) is 0 Å². The van der Waals surface area contributed by atoms with Gasteiger partial charge in [-0.25, -0.2) is 4.98 Å². The highest BCUT2D eigenvalue weighted by Crippen LogP contribution is 2.31. The molecule has 164 valence electrons. The fraction of sp³-hybridized carbons (Fsp3) is 0.500. The molecule has 0 unspecified atom stereocenters. The fourth-order valence-corrected chi connectivity index (χ4v) is 4.52. The molecule has 2 atom stereocenters. The maximum absolute atomic E-state index is 12.4. The van der Waals surface area contributed by atoms with Crippen LogP contribution in [0, 0.1) is 25.7 Å². The Morgan fingerprint density at radius 1 is 1.19 bits per heavy atom. The Balaban J connectivity index is 1.47. The zero-order chi connectivity index (χ0) is 22.0. The van der Waals surface area contributed by atoms with Gasteiger partial charge in [0.1, 0.15) is 17.0 Å². The summed E-state index contributed by atoms with van der Waals surface area (Å²) in [5.41, 5.74) is 3.59. The van der Waals surface area contributed by atoms with Crippen molar-refractivity contribution in [3.05, 3.63) is 46.9 Å². The lowest BCUT2D eigenvalue weighted by Crippen LogP contribution is -2.39. The molecule has 1 saturated heterocycles. The van der Waals surface area contributed by atoms with Crippen molar-refractivity contribution < 1.29 is 9.32 Å². The van der Waals surface area contributed by atoms with E-state index in [1.54, 1.807) is 0 Å². The molecule has 7 nitrogen and oxygen atoms in total. The first kappa shape index (κ1) is 21.3. The number of amides is 1. The molecule has 4 rings (SSSR count). The normalized spacial score (nSPS) is 19.0. The summed E-state index contributed by atoms with van der Waals surface area (Å²) < 4.78 is 5.47. The molecule has 0 spiro atoms. The second-order valence-electron chi connectivity index (χ2n) is 9.03. The molecule has 1 aliphatic rings. The van der Waals surface area contributed by atoms with E-state index in [9.17, 15) is 4.79 Å². The monoisotopic (exact) mass is 421 g/mol. The van der Waals surface area contributed by atoms with Gasteiger partial charge in [-0.05, 0) is 37.7 Å². The molecule has 0 aliphatic carbocycles. The first-order chi connectivity index (χ1) is 14.9. The summed E-state index contributed by atoms with van der Waals surface area (Å²) in [6, 6.07) is 8.15. The van der Waals surface area contributed by atoms with E-state index in [0.29, 0.717) is 42.8 Å². The van der Waals surface area contributed by atoms with Gasteiger partial charge in [0.15, 0.2) is 0 Å². The molecule has 1 aliphatic heterocycles. The van der Waals surface area contributed by atoms with Gasteiger partial charge in [-0.2, -0.15) is 4.98 Å². The lowest BCUT2D eigenvalue weighted by atomic mass is 9.92. The van der Waals surface area contributed by atoms with Crippen LogP contribution in [-0.2, 0) is 17.8 Å². The minimum absolute atomic E-state index is 0.0132. The Morgan fingerprint density at radius 3 is 2.71 bits per heavy atom. The number of nitrogens with zero attached hydrogens (tertiary/aromatic N) is 4. The number of anilines is 1. The number of fused-ring (bicyclic) bond motifs is 1. The third kappa shape index (κ3) is 5.03. The quantitative estimate of drug-likeness (QED) is 0.648. The van der Waals surface area contributed by atoms with E-state index in [4.69, 9.17) is 9.51 Å². The van der Waals surface area contributed by atoms with Crippen LogP contribution in [0.15, 0.2) is 28.8 Å². The highest BCUT2D eigenvalue weighted by molar-refractivity contribution is 5.88. The molecule has 31 heavy (non-hydrogen) atoms. The highest BCUT2D eigenvalue weighted by atomic mass is 16.5. The molecule has 0 radical (unpaired) electrons. The Morgan fingerprint density at radius 2 is 1.97 bits per heavy atom. The Bertz CT molecular complexity index is 1070. The number of carbonyl (C=O) groups is 1. The summed E-state index contributed by atoms with van der Waals surface area (Å²) in [6.45, 7) is 11.0. The average molecular weight is 422 g/mol. The lowest BCUT2D eigenvalue weighted by Gasteiger charge is -2.36. The van der Waals surface area contributed by atoms with Crippen LogP contribution in [0.1, 0.15) is 49.3 Å². The van der Waals surface area contributed by atoms with Crippen molar-refractivity contribution in [3.8, 4) is 0 Å². The number of hydrogen-bond donors (Lipinski definition) is 1. The second kappa shape index (κ2) is 9.04. The van der Waals surface area contributed by atoms with Gasteiger partial charge >= 0.3 is 0 Å². The number of piperidine rings is 1. The van der Waals surface area contributed by atoms with Gasteiger partial charge in [0, 0.05) is 32.5 Å². The molecular weight excluding hydrogens is 390 g/mol. The zero-order valence-corrected chi connectivity index (χ0v) is 18.8. The van der Waals surface area contributed by atoms with Gasteiger partial charge in [-0.1, -0.05) is 48.8 Å². The first-order valence-corrected chi connectivity index (χ1v) is 11.1. The van der Waals surface area contributed by atoms with E-state index in [1.165, 1.54) is 12.0 Å². The van der Waals surface area contributed by atoms with Gasteiger partial charge < -0.3 is 14.7 Å². The van der Waals surface area contributed by atoms with Crippen molar-refractivity contribution in [2.75, 3.05) is 18.0 Å². The molecule has 7 heteroatoms. The number of rotatable bonds is 6. The van der Waals surface area contributed by atoms with E-state index < -0.39 is 0 Å². The van der Waals surface area contributed by atoms with Crippen LogP contribution in [0.4, 0.5) is 5.82 Å². The van der Waals surface area contributed by atoms with Gasteiger partial charge in [-0.15, -0.1) is 0 Å². The summed E-state index contributed by atoms with van der Waals surface area (Å²) in [7, 11) is 0. The molecule has 1 fully saturated rings. The van der Waals surface area contributed by atoms with Crippen molar-refractivity contribution in [2.24, 2.45) is 11.8 Å². The van der Waals surface area contributed by atoms with E-state index >= 15 is 0 Å². The van der Waals surface area contributed by atoms with Gasteiger partial charge in [0.2, 0.25) is 5.91 Å². The number of nitrogens with one attached hydrogen (secondary N) is 1. The first-order valence-electron chi connectivity index (χ1n) is 11.1. The Kier molecular flexibility index (Phi) is 6.20. The van der Waals surface area contributed by atoms with Gasteiger partial charge in [-0.3, -0.25) is 4.79 Å². The summed E-state index contributed by atoms with van der Waals surface area (Å²) in [4.78, 5) is 24.1. The summed E-state index contributed by atoms with van der Waals surface area (Å²) in [5.74, 6) is 2.70. The lowest BCUT2D eigenvalue weighted by molar-refractivity contribution is -0.121. The van der Waals surface area contributed by atoms with Crippen molar-refractivity contribution >= 4 is 22.8 Å². The van der Waals surface area contributed by atoms with Crippen LogP contribution in [0.3, 0.4) is 0 Å². The summed E-state index contributed by atoms with van der Waals surface area (Å²) in [6.07, 6.45) is 2.01. The molecule has 1 aromatic carbocycles. The van der Waals surface area contributed by atoms with Crippen molar-refractivity contribution in [3.63, 3.8) is 0 Å². The maximum Gasteiger partial charge on any atom is 0.263 e. The number of carbonyl (C=O) groups excluding carboxylic acids is 1. The molecule has 0 bridgehead atoms. The predicted molar refractivity (Wildman–Crippen MR) is 121 cm³/mol. The molecular formula is C24H31N5O2. The van der Waals surface area contributed by atoms with Crippen molar-refractivity contribution in [1.29, 1.82) is 0 Å². The van der Waals surface area contributed by atoms with E-state index in [1.807, 2.05) is 32.0 Å². The van der Waals surface area contributed by atoms with Crippen LogP contribution >= 0.6 is 0 Å². The molecule has 1 amide bonds. The van der Waals surface area contributed by atoms with E-state index in [0.717, 1.165) is 35.6 Å². The van der Waals surface area contributed by atoms with Crippen molar-refractivity contribution in [2.45, 2.75) is 53.5 Å². The van der Waals surface area contributed by atoms with Gasteiger partial charge in [0.25, 0.3) is 5.71 Å². The number of aromatic nitrogens is 3. The number of aryl methyl sites for hydroxylation is 3. The minimum atomic E-state index is -0.0132. The number of hydrogen-bond acceptors (Lipinski definition) is 6. The molecule has 3 aromatic rings. The van der Waals surface area contributed by atoms with Crippen LogP contribution in [0.25, 0.3) is 11.1 Å². The largest absolute Gasteiger partial charge is 0.355 e. The predicted octanol–water partition coefficient (Wildman–Crippen LogP) is 3.97. The van der Waals surface area contributed by atoms with E-state index in [2.05, 4.69) is 40.3 Å². The average Bonchev–Trinajstić information content (AvgIpc) is 3.10. The standard InChI is InChI=1S/C24H31N5O2/c1-15-6-5-7-19(11-15)12-25-21(30)9-8-20-26-23(22-18(4)28-31-24(22)27-20)29-13-16(2)10-17(3)14-29/h5-7,11,16-17H,8-10,12-14H2,1-4H3,(H,25,30)/t16-,17+. The summed E-state index contributed by atoms with van der Waals surface area (Å²) >= 11 is 0. The van der Waals surface area contributed by atoms with Gasteiger partial charge in [0.05, 0.1) is 5.69 Å². The minimum Gasteiger partial charge on any atom is -0.355 e. The highest BCUT2D eigenvalue weighted by Gasteiger charge is 2.27. The Labute approximate surface area is 183 Å². The molecule has 2 aromatic heterocycles. The van der Waals surface area contributed by atoms with Crippen molar-refractivity contribution in [1.82, 2.24) is 20.4 Å². The summed E-state index contributed by atoms with van der Waals surface area (Å²) in [5, 5.41) is 7.98. The van der Waals surface area contributed by atoms with Crippen LogP contribution < -0.4 is 10.2 Å². The third-order valence-corrected chi connectivity index (χ3v) is 5.85. The molecule has 0 saturated carbocycles. The fourth-order valence-electron chi connectivity index (χ4n) is 4.52. The van der Waals surface area contributed by atoms with E-state index in [-0.39, 0.29) is 5.91 Å². The molecule has 1 N–H and O–H groups in total. The second-order valence-corrected chi connectivity index (χ2v) is 9.03. The SMILES string of the molecule is Cc1cccc(CNC(=O)CCc2nc(N3C[C@H](C)C[C@H](C)C3)c3c(C)noc3n2)c1. The Hall–Kier alpha value is -2.96. The van der Waals surface area contributed by atoms with Crippen LogP contribution in [0.5, 0.6) is 0 Å². The topological polar surface area (TPSA) is 84.2 Å². The zero-order valence-electron chi connectivity index (χ0n) is 18.8. The van der Waals surface area contributed by atoms with Crippen LogP contribution in [-0.4, -0.2) is 34.1 Å². The number of benzene rings is 1.